The lowest BCUT2D eigenvalue weighted by Gasteiger charge is -2.09. The SMILES string of the molecule is Cc1cccc(CC2NCCO2)c1.Cl. The second kappa shape index (κ2) is 5.35. The fourth-order valence-electron chi connectivity index (χ4n) is 1.66. The number of nitrogens with one attached hydrogen (secondary N) is 1. The smallest absolute Gasteiger partial charge is 0.112 e. The zero-order chi connectivity index (χ0) is 9.10. The van der Waals surface area contributed by atoms with Crippen LogP contribution in [0.3, 0.4) is 0 Å². The Bertz CT molecular complexity index is 284. The molecule has 1 aromatic carbocycles. The summed E-state index contributed by atoms with van der Waals surface area (Å²) in [5.41, 5.74) is 2.66. The highest BCUT2D eigenvalue weighted by Crippen LogP contribution is 2.09. The van der Waals surface area contributed by atoms with Gasteiger partial charge >= 0.3 is 0 Å². The standard InChI is InChI=1S/C11H15NO.ClH/c1-9-3-2-4-10(7-9)8-11-12-5-6-13-11;/h2-4,7,11-12H,5-6,8H2,1H3;1H. The Labute approximate surface area is 91.1 Å². The van der Waals surface area contributed by atoms with Crippen LogP contribution in [-0.4, -0.2) is 19.4 Å². The normalized spacial score (nSPS) is 20.5. The fraction of sp³-hybridized carbons (Fsp3) is 0.455. The summed E-state index contributed by atoms with van der Waals surface area (Å²) in [5, 5.41) is 3.30. The van der Waals surface area contributed by atoms with Crippen LogP contribution in [0.15, 0.2) is 24.3 Å². The van der Waals surface area contributed by atoms with Gasteiger partial charge in [-0.25, -0.2) is 0 Å². The summed E-state index contributed by atoms with van der Waals surface area (Å²) in [7, 11) is 0. The van der Waals surface area contributed by atoms with E-state index in [4.69, 9.17) is 4.74 Å². The van der Waals surface area contributed by atoms with Crippen LogP contribution in [0.4, 0.5) is 0 Å². The van der Waals surface area contributed by atoms with Gasteiger partial charge in [0.15, 0.2) is 0 Å². The van der Waals surface area contributed by atoms with Crippen LogP contribution in [0.1, 0.15) is 11.1 Å². The molecule has 0 radical (unpaired) electrons. The minimum Gasteiger partial charge on any atom is -0.362 e. The number of hydrogen-bond acceptors (Lipinski definition) is 2. The molecular formula is C11H16ClNO. The first-order valence-electron chi connectivity index (χ1n) is 4.75. The van der Waals surface area contributed by atoms with E-state index in [9.17, 15) is 0 Å². The maximum Gasteiger partial charge on any atom is 0.112 e. The zero-order valence-electron chi connectivity index (χ0n) is 8.32. The number of hydrogen-bond donors (Lipinski definition) is 1. The minimum atomic E-state index is 0. The third-order valence-electron chi connectivity index (χ3n) is 2.30. The summed E-state index contributed by atoms with van der Waals surface area (Å²) in [6.07, 6.45) is 1.20. The van der Waals surface area contributed by atoms with Crippen LogP contribution in [0.5, 0.6) is 0 Å². The lowest BCUT2D eigenvalue weighted by atomic mass is 10.1. The Morgan fingerprint density at radius 2 is 2.36 bits per heavy atom. The number of ether oxygens (including phenoxy) is 1. The van der Waals surface area contributed by atoms with Crippen LogP contribution < -0.4 is 5.32 Å². The van der Waals surface area contributed by atoms with E-state index in [1.165, 1.54) is 11.1 Å². The van der Waals surface area contributed by atoms with Crippen molar-refractivity contribution in [2.75, 3.05) is 13.2 Å². The molecule has 0 aromatic heterocycles. The molecule has 1 fully saturated rings. The molecule has 0 spiro atoms. The van der Waals surface area contributed by atoms with Gasteiger partial charge in [-0.1, -0.05) is 29.8 Å². The van der Waals surface area contributed by atoms with E-state index in [1.54, 1.807) is 0 Å². The summed E-state index contributed by atoms with van der Waals surface area (Å²) in [6.45, 7) is 3.94. The highest BCUT2D eigenvalue weighted by molar-refractivity contribution is 5.85. The molecule has 0 aliphatic carbocycles. The topological polar surface area (TPSA) is 21.3 Å². The van der Waals surface area contributed by atoms with E-state index in [2.05, 4.69) is 36.5 Å². The molecule has 1 aromatic rings. The third-order valence-corrected chi connectivity index (χ3v) is 2.30. The van der Waals surface area contributed by atoms with Gasteiger partial charge in [0.05, 0.1) is 6.61 Å². The first kappa shape index (κ1) is 11.5. The quantitative estimate of drug-likeness (QED) is 0.811. The molecular weight excluding hydrogens is 198 g/mol. The van der Waals surface area contributed by atoms with Gasteiger partial charge in [0.2, 0.25) is 0 Å². The van der Waals surface area contributed by atoms with Gasteiger partial charge in [-0.05, 0) is 12.5 Å². The van der Waals surface area contributed by atoms with E-state index in [-0.39, 0.29) is 18.6 Å². The Morgan fingerprint density at radius 1 is 1.50 bits per heavy atom. The van der Waals surface area contributed by atoms with Crippen molar-refractivity contribution in [3.63, 3.8) is 0 Å². The molecule has 1 N–H and O–H groups in total. The van der Waals surface area contributed by atoms with Crippen molar-refractivity contribution in [3.05, 3.63) is 35.4 Å². The first-order chi connectivity index (χ1) is 6.34. The predicted molar refractivity (Wildman–Crippen MR) is 59.9 cm³/mol. The number of aryl methyl sites for hydroxylation is 1. The van der Waals surface area contributed by atoms with Crippen molar-refractivity contribution in [1.29, 1.82) is 0 Å². The van der Waals surface area contributed by atoms with Gasteiger partial charge in [-0.15, -0.1) is 12.4 Å². The second-order valence-corrected chi connectivity index (χ2v) is 3.51. The molecule has 1 heterocycles. The van der Waals surface area contributed by atoms with Crippen LogP contribution >= 0.6 is 12.4 Å². The molecule has 2 nitrogen and oxygen atoms in total. The van der Waals surface area contributed by atoms with Crippen molar-refractivity contribution < 1.29 is 4.74 Å². The summed E-state index contributed by atoms with van der Waals surface area (Å²) in [6, 6.07) is 8.58. The molecule has 1 aliphatic heterocycles. The molecule has 1 saturated heterocycles. The van der Waals surface area contributed by atoms with Gasteiger partial charge in [-0.2, -0.15) is 0 Å². The Kier molecular flexibility index (Phi) is 4.39. The van der Waals surface area contributed by atoms with E-state index in [0.717, 1.165) is 19.6 Å². The molecule has 3 heteroatoms. The number of halogens is 1. The lowest BCUT2D eigenvalue weighted by molar-refractivity contribution is 0.102. The van der Waals surface area contributed by atoms with Crippen molar-refractivity contribution >= 4 is 12.4 Å². The molecule has 0 amide bonds. The Morgan fingerprint density at radius 3 is 3.00 bits per heavy atom. The van der Waals surface area contributed by atoms with Crippen molar-refractivity contribution in [3.8, 4) is 0 Å². The third kappa shape index (κ3) is 2.98. The lowest BCUT2D eigenvalue weighted by Crippen LogP contribution is -2.24. The van der Waals surface area contributed by atoms with Crippen molar-refractivity contribution in [2.45, 2.75) is 19.6 Å². The van der Waals surface area contributed by atoms with E-state index in [1.807, 2.05) is 0 Å². The molecule has 78 valence electrons. The fourth-order valence-corrected chi connectivity index (χ4v) is 1.66. The van der Waals surface area contributed by atoms with Crippen molar-refractivity contribution in [1.82, 2.24) is 5.32 Å². The Hall–Kier alpha value is -0.570. The van der Waals surface area contributed by atoms with Crippen molar-refractivity contribution in [2.24, 2.45) is 0 Å². The zero-order valence-corrected chi connectivity index (χ0v) is 9.14. The van der Waals surface area contributed by atoms with Crippen LogP contribution in [0, 0.1) is 6.92 Å². The summed E-state index contributed by atoms with van der Waals surface area (Å²) < 4.78 is 5.49. The molecule has 0 saturated carbocycles. The van der Waals surface area contributed by atoms with Crippen LogP contribution in [0.25, 0.3) is 0 Å². The molecule has 1 atom stereocenters. The molecule has 1 aliphatic rings. The van der Waals surface area contributed by atoms with Crippen LogP contribution in [0.2, 0.25) is 0 Å². The molecule has 1 unspecified atom stereocenters. The predicted octanol–water partition coefficient (Wildman–Crippen LogP) is 1.91. The van der Waals surface area contributed by atoms with Gasteiger partial charge < -0.3 is 4.74 Å². The highest BCUT2D eigenvalue weighted by atomic mass is 35.5. The van der Waals surface area contributed by atoms with Gasteiger partial charge in [0.1, 0.15) is 6.23 Å². The number of benzene rings is 1. The van der Waals surface area contributed by atoms with Gasteiger partial charge in [0.25, 0.3) is 0 Å². The highest BCUT2D eigenvalue weighted by Gasteiger charge is 2.14. The molecule has 14 heavy (non-hydrogen) atoms. The molecule has 0 bridgehead atoms. The Balaban J connectivity index is 0.000000980. The van der Waals surface area contributed by atoms with E-state index in [0.29, 0.717) is 0 Å². The van der Waals surface area contributed by atoms with E-state index < -0.39 is 0 Å². The summed E-state index contributed by atoms with van der Waals surface area (Å²) in [5.74, 6) is 0. The average Bonchev–Trinajstić information content (AvgIpc) is 2.57. The minimum absolute atomic E-state index is 0. The summed E-state index contributed by atoms with van der Waals surface area (Å²) >= 11 is 0. The largest absolute Gasteiger partial charge is 0.362 e. The number of rotatable bonds is 2. The second-order valence-electron chi connectivity index (χ2n) is 3.51. The summed E-state index contributed by atoms with van der Waals surface area (Å²) in [4.78, 5) is 0. The maximum absolute atomic E-state index is 5.49. The monoisotopic (exact) mass is 213 g/mol. The van der Waals surface area contributed by atoms with E-state index >= 15 is 0 Å². The van der Waals surface area contributed by atoms with Gasteiger partial charge in [0, 0.05) is 13.0 Å². The molecule has 2 rings (SSSR count). The van der Waals surface area contributed by atoms with Gasteiger partial charge in [-0.3, -0.25) is 5.32 Å². The average molecular weight is 214 g/mol. The first-order valence-corrected chi connectivity index (χ1v) is 4.75. The van der Waals surface area contributed by atoms with Crippen LogP contribution in [-0.2, 0) is 11.2 Å². The maximum atomic E-state index is 5.49.